The van der Waals surface area contributed by atoms with Gasteiger partial charge in [-0.15, -0.1) is 0 Å². The van der Waals surface area contributed by atoms with E-state index in [9.17, 15) is 18.3 Å². The molecule has 0 aromatic heterocycles. The van der Waals surface area contributed by atoms with Crippen LogP contribution in [-0.4, -0.2) is 24.7 Å². The molecule has 0 bridgehead atoms. The van der Waals surface area contributed by atoms with Crippen LogP contribution in [0.1, 0.15) is 79.8 Å². The van der Waals surface area contributed by atoms with Crippen LogP contribution in [0.15, 0.2) is 42.5 Å². The summed E-state index contributed by atoms with van der Waals surface area (Å²) in [5.41, 5.74) is 3.38. The van der Waals surface area contributed by atoms with Crippen molar-refractivity contribution < 1.29 is 18.3 Å². The molecule has 0 heterocycles. The molecular weight excluding hydrogens is 422 g/mol. The molecule has 1 unspecified atom stereocenters. The van der Waals surface area contributed by atoms with Gasteiger partial charge in [0.2, 0.25) is 10.0 Å². The lowest BCUT2D eigenvalue weighted by Gasteiger charge is -2.24. The lowest BCUT2D eigenvalue weighted by atomic mass is 9.85. The van der Waals surface area contributed by atoms with Gasteiger partial charge in [0.1, 0.15) is 0 Å². The van der Waals surface area contributed by atoms with Crippen molar-refractivity contribution in [1.82, 2.24) is 4.72 Å². The summed E-state index contributed by atoms with van der Waals surface area (Å²) in [6.07, 6.45) is 8.55. The lowest BCUT2D eigenvalue weighted by Crippen LogP contribution is -2.34. The number of aryl methyl sites for hydroxylation is 1. The molecule has 0 saturated heterocycles. The first-order valence-electron chi connectivity index (χ1n) is 11.7. The molecule has 1 saturated carbocycles. The summed E-state index contributed by atoms with van der Waals surface area (Å²) in [7, 11) is -3.45. The van der Waals surface area contributed by atoms with E-state index >= 15 is 0 Å². The maximum Gasteiger partial charge on any atom is 0.336 e. The van der Waals surface area contributed by atoms with Gasteiger partial charge in [0.15, 0.2) is 0 Å². The van der Waals surface area contributed by atoms with Crippen molar-refractivity contribution in [2.24, 2.45) is 5.92 Å². The molecule has 1 atom stereocenters. The predicted octanol–water partition coefficient (Wildman–Crippen LogP) is 5.92. The van der Waals surface area contributed by atoms with Gasteiger partial charge in [-0.1, -0.05) is 69.4 Å². The minimum atomic E-state index is -3.45. The summed E-state index contributed by atoms with van der Waals surface area (Å²) in [4.78, 5) is 11.8. The molecular formula is C26H35NO4S. The first-order chi connectivity index (χ1) is 15.3. The van der Waals surface area contributed by atoms with Crippen molar-refractivity contribution in [1.29, 1.82) is 0 Å². The van der Waals surface area contributed by atoms with Gasteiger partial charge >= 0.3 is 5.97 Å². The Morgan fingerprint density at radius 2 is 1.81 bits per heavy atom. The monoisotopic (exact) mass is 457 g/mol. The molecule has 174 valence electrons. The highest BCUT2D eigenvalue weighted by molar-refractivity contribution is 7.90. The number of aromatic carboxylic acids is 1. The van der Waals surface area contributed by atoms with Gasteiger partial charge in [-0.2, -0.15) is 0 Å². The highest BCUT2D eigenvalue weighted by Gasteiger charge is 2.25. The van der Waals surface area contributed by atoms with Crippen LogP contribution in [-0.2, 0) is 16.6 Å². The number of carbonyl (C=O) groups is 1. The number of nitrogens with one attached hydrogen (secondary N) is 1. The van der Waals surface area contributed by atoms with Gasteiger partial charge in [0.05, 0.1) is 10.8 Å². The Bertz CT molecular complexity index is 1030. The van der Waals surface area contributed by atoms with Crippen LogP contribution in [0.25, 0.3) is 11.1 Å². The third-order valence-electron chi connectivity index (χ3n) is 6.74. The van der Waals surface area contributed by atoms with E-state index in [-0.39, 0.29) is 12.1 Å². The Hall–Kier alpha value is -2.18. The van der Waals surface area contributed by atoms with Gasteiger partial charge < -0.3 is 5.11 Å². The second-order valence-electron chi connectivity index (χ2n) is 8.98. The summed E-state index contributed by atoms with van der Waals surface area (Å²) in [6, 6.07) is 12.7. The Balaban J connectivity index is 1.72. The van der Waals surface area contributed by atoms with Crippen LogP contribution < -0.4 is 4.72 Å². The van der Waals surface area contributed by atoms with E-state index in [0.717, 1.165) is 23.1 Å². The van der Waals surface area contributed by atoms with E-state index in [1.54, 1.807) is 18.2 Å². The highest BCUT2D eigenvalue weighted by Crippen LogP contribution is 2.30. The second-order valence-corrected chi connectivity index (χ2v) is 11.0. The van der Waals surface area contributed by atoms with E-state index in [1.807, 2.05) is 38.1 Å². The standard InChI is InChI=1S/C26H35NO4S/c1-3-22(15-13-20-10-5-4-6-11-20)32(30,31)27-18-21-14-16-24(26(28)29)25(17-21)23-12-8-7-9-19(23)2/h7-9,12,14,16-17,20,22,27H,3-6,10-11,13,15,18H2,1-2H3,(H,28,29). The van der Waals surface area contributed by atoms with Crippen LogP contribution in [0, 0.1) is 12.8 Å². The van der Waals surface area contributed by atoms with Crippen molar-refractivity contribution in [2.45, 2.75) is 77.0 Å². The van der Waals surface area contributed by atoms with Gasteiger partial charge in [-0.05, 0) is 66.5 Å². The largest absolute Gasteiger partial charge is 0.478 e. The normalized spacial score (nSPS) is 16.1. The number of carboxylic acids is 1. The first kappa shape index (κ1) is 24.5. The van der Waals surface area contributed by atoms with Crippen molar-refractivity contribution in [3.63, 3.8) is 0 Å². The Kier molecular flexibility index (Phi) is 8.49. The van der Waals surface area contributed by atoms with Crippen molar-refractivity contribution in [3.8, 4) is 11.1 Å². The smallest absolute Gasteiger partial charge is 0.336 e. The maximum absolute atomic E-state index is 13.0. The fourth-order valence-corrected chi connectivity index (χ4v) is 6.25. The average Bonchev–Trinajstić information content (AvgIpc) is 2.79. The summed E-state index contributed by atoms with van der Waals surface area (Å²) < 4.78 is 28.8. The van der Waals surface area contributed by atoms with Gasteiger partial charge in [-0.25, -0.2) is 17.9 Å². The number of sulfonamides is 1. The van der Waals surface area contributed by atoms with Gasteiger partial charge in [0, 0.05) is 6.54 Å². The number of benzene rings is 2. The van der Waals surface area contributed by atoms with E-state index in [0.29, 0.717) is 24.3 Å². The zero-order valence-electron chi connectivity index (χ0n) is 19.1. The van der Waals surface area contributed by atoms with E-state index in [2.05, 4.69) is 4.72 Å². The van der Waals surface area contributed by atoms with E-state index < -0.39 is 21.2 Å². The first-order valence-corrected chi connectivity index (χ1v) is 13.3. The number of hydrogen-bond donors (Lipinski definition) is 2. The fourth-order valence-electron chi connectivity index (χ4n) is 4.76. The van der Waals surface area contributed by atoms with E-state index in [4.69, 9.17) is 0 Å². The predicted molar refractivity (Wildman–Crippen MR) is 129 cm³/mol. The van der Waals surface area contributed by atoms with Gasteiger partial charge in [0.25, 0.3) is 0 Å². The van der Waals surface area contributed by atoms with Crippen molar-refractivity contribution >= 4 is 16.0 Å². The van der Waals surface area contributed by atoms with Crippen LogP contribution >= 0.6 is 0 Å². The van der Waals surface area contributed by atoms with Crippen LogP contribution in [0.5, 0.6) is 0 Å². The molecule has 2 N–H and O–H groups in total. The van der Waals surface area contributed by atoms with Crippen molar-refractivity contribution in [2.75, 3.05) is 0 Å². The molecule has 6 heteroatoms. The Labute approximate surface area is 192 Å². The molecule has 2 aromatic rings. The molecule has 0 spiro atoms. The van der Waals surface area contributed by atoms with Crippen LogP contribution in [0.3, 0.4) is 0 Å². The summed E-state index contributed by atoms with van der Waals surface area (Å²) in [6.45, 7) is 4.03. The van der Waals surface area contributed by atoms with E-state index in [1.165, 1.54) is 32.1 Å². The van der Waals surface area contributed by atoms with Crippen LogP contribution in [0.2, 0.25) is 0 Å². The lowest BCUT2D eigenvalue weighted by molar-refractivity contribution is 0.0697. The summed E-state index contributed by atoms with van der Waals surface area (Å²) in [5.74, 6) is -0.336. The minimum absolute atomic E-state index is 0.154. The highest BCUT2D eigenvalue weighted by atomic mass is 32.2. The molecule has 0 radical (unpaired) electrons. The van der Waals surface area contributed by atoms with Crippen molar-refractivity contribution in [3.05, 3.63) is 59.2 Å². The number of rotatable bonds is 10. The molecule has 0 amide bonds. The molecule has 1 fully saturated rings. The molecule has 2 aromatic carbocycles. The molecule has 1 aliphatic rings. The number of carboxylic acid groups (broad SMARTS) is 1. The summed E-state index contributed by atoms with van der Waals surface area (Å²) >= 11 is 0. The SMILES string of the molecule is CCC(CCC1CCCCC1)S(=O)(=O)NCc1ccc(C(=O)O)c(-c2ccccc2C)c1. The van der Waals surface area contributed by atoms with Crippen LogP contribution in [0.4, 0.5) is 0 Å². The zero-order chi connectivity index (χ0) is 23.1. The second kappa shape index (κ2) is 11.1. The molecule has 3 rings (SSSR count). The number of hydrogen-bond acceptors (Lipinski definition) is 3. The molecule has 5 nitrogen and oxygen atoms in total. The minimum Gasteiger partial charge on any atom is -0.478 e. The third kappa shape index (κ3) is 6.20. The molecule has 1 aliphatic carbocycles. The quantitative estimate of drug-likeness (QED) is 0.464. The maximum atomic E-state index is 13.0. The fraction of sp³-hybridized carbons (Fsp3) is 0.500. The topological polar surface area (TPSA) is 83.5 Å². The average molecular weight is 458 g/mol. The Morgan fingerprint density at radius 3 is 2.47 bits per heavy atom. The molecule has 32 heavy (non-hydrogen) atoms. The zero-order valence-corrected chi connectivity index (χ0v) is 20.0. The molecule has 0 aliphatic heterocycles. The Morgan fingerprint density at radius 1 is 1.09 bits per heavy atom. The third-order valence-corrected chi connectivity index (χ3v) is 8.74. The van der Waals surface area contributed by atoms with Gasteiger partial charge in [-0.3, -0.25) is 0 Å². The summed E-state index contributed by atoms with van der Waals surface area (Å²) in [5, 5.41) is 9.24.